The number of ketones is 1. The highest BCUT2D eigenvalue weighted by molar-refractivity contribution is 6.31. The fraction of sp³-hybridized carbons (Fsp3) is 0.174. The molecular weight excluding hydrogens is 404 g/mol. The number of carbonyl (C=O) groups excluding carboxylic acids is 1. The van der Waals surface area contributed by atoms with Gasteiger partial charge in [0.25, 0.3) is 0 Å². The van der Waals surface area contributed by atoms with Crippen molar-refractivity contribution in [3.63, 3.8) is 0 Å². The highest BCUT2D eigenvalue weighted by Gasteiger charge is 2.36. The fourth-order valence-corrected chi connectivity index (χ4v) is 3.98. The summed E-state index contributed by atoms with van der Waals surface area (Å²) in [4.78, 5) is 28.3. The molecule has 0 bridgehead atoms. The molecule has 0 radical (unpaired) electrons. The molecule has 4 N–H and O–H groups in total. The number of aliphatic hydroxyl groups is 1. The van der Waals surface area contributed by atoms with Gasteiger partial charge in [0.05, 0.1) is 23.3 Å². The first-order valence-corrected chi connectivity index (χ1v) is 9.79. The molecule has 0 spiro atoms. The van der Waals surface area contributed by atoms with E-state index in [9.17, 15) is 14.7 Å². The minimum absolute atomic E-state index is 0.0709. The van der Waals surface area contributed by atoms with Crippen LogP contribution in [0.3, 0.4) is 0 Å². The van der Waals surface area contributed by atoms with Crippen molar-refractivity contribution < 1.29 is 19.8 Å². The molecule has 1 aliphatic carbocycles. The van der Waals surface area contributed by atoms with Gasteiger partial charge in [0.1, 0.15) is 5.78 Å². The Kier molecular flexibility index (Phi) is 5.28. The van der Waals surface area contributed by atoms with Gasteiger partial charge in [-0.15, -0.1) is 0 Å². The number of anilines is 1. The van der Waals surface area contributed by atoms with Crippen LogP contribution in [0.1, 0.15) is 45.6 Å². The number of aliphatic hydroxyl groups excluding tert-OH is 1. The van der Waals surface area contributed by atoms with E-state index in [-0.39, 0.29) is 24.2 Å². The van der Waals surface area contributed by atoms with E-state index in [1.807, 2.05) is 6.07 Å². The molecule has 0 aliphatic heterocycles. The van der Waals surface area contributed by atoms with Gasteiger partial charge in [-0.1, -0.05) is 23.7 Å². The fourth-order valence-electron chi connectivity index (χ4n) is 3.81. The number of carboxylic acid groups (broad SMARTS) is 1. The summed E-state index contributed by atoms with van der Waals surface area (Å²) in [5.41, 5.74) is 10.1. The third kappa shape index (κ3) is 3.79. The zero-order valence-corrected chi connectivity index (χ0v) is 16.6. The molecule has 6 nitrogen and oxygen atoms in total. The van der Waals surface area contributed by atoms with Gasteiger partial charge in [0, 0.05) is 40.0 Å². The van der Waals surface area contributed by atoms with Gasteiger partial charge in [-0.25, -0.2) is 4.79 Å². The maximum atomic E-state index is 12.9. The number of rotatable bonds is 5. The first kappa shape index (κ1) is 20.1. The summed E-state index contributed by atoms with van der Waals surface area (Å²) in [7, 11) is 0. The van der Waals surface area contributed by atoms with Crippen molar-refractivity contribution in [2.75, 3.05) is 5.73 Å². The maximum Gasteiger partial charge on any atom is 0.335 e. The lowest BCUT2D eigenvalue weighted by Crippen LogP contribution is -2.14. The van der Waals surface area contributed by atoms with E-state index < -0.39 is 18.0 Å². The molecule has 2 unspecified atom stereocenters. The van der Waals surface area contributed by atoms with E-state index in [4.69, 9.17) is 22.4 Å². The summed E-state index contributed by atoms with van der Waals surface area (Å²) in [5, 5.41) is 20.1. The average molecular weight is 423 g/mol. The van der Waals surface area contributed by atoms with Crippen LogP contribution in [-0.4, -0.2) is 26.9 Å². The van der Waals surface area contributed by atoms with Crippen molar-refractivity contribution in [2.24, 2.45) is 0 Å². The van der Waals surface area contributed by atoms with E-state index in [1.165, 1.54) is 12.1 Å². The van der Waals surface area contributed by atoms with E-state index in [2.05, 4.69) is 4.98 Å². The molecule has 0 saturated carbocycles. The van der Waals surface area contributed by atoms with Crippen LogP contribution in [0.15, 0.2) is 54.7 Å². The molecule has 2 atom stereocenters. The van der Waals surface area contributed by atoms with Crippen LogP contribution in [0.4, 0.5) is 5.69 Å². The van der Waals surface area contributed by atoms with E-state index in [0.717, 1.165) is 16.7 Å². The highest BCUT2D eigenvalue weighted by Crippen LogP contribution is 2.42. The SMILES string of the molecule is Nc1ccc(Cl)cc1-c1cnc2c(c1)C(O)CC2C(=O)Cc1ccc(C(=O)O)cc1. The largest absolute Gasteiger partial charge is 0.478 e. The molecule has 7 heteroatoms. The molecule has 3 aromatic rings. The molecule has 2 aromatic carbocycles. The smallest absolute Gasteiger partial charge is 0.335 e. The van der Waals surface area contributed by atoms with Crippen LogP contribution < -0.4 is 5.73 Å². The molecule has 1 heterocycles. The minimum atomic E-state index is -1.01. The quantitative estimate of drug-likeness (QED) is 0.535. The average Bonchev–Trinajstić information content (AvgIpc) is 3.06. The number of fused-ring (bicyclic) bond motifs is 1. The number of nitrogens with zero attached hydrogens (tertiary/aromatic N) is 1. The molecule has 0 saturated heterocycles. The molecule has 30 heavy (non-hydrogen) atoms. The Balaban J connectivity index is 1.59. The Hall–Kier alpha value is -3.22. The van der Waals surface area contributed by atoms with Gasteiger partial charge in [-0.3, -0.25) is 9.78 Å². The zero-order chi connectivity index (χ0) is 21.4. The lowest BCUT2D eigenvalue weighted by Gasteiger charge is -2.11. The van der Waals surface area contributed by atoms with Crippen LogP contribution in [0.25, 0.3) is 11.1 Å². The van der Waals surface area contributed by atoms with Crippen molar-refractivity contribution in [3.05, 3.63) is 82.1 Å². The van der Waals surface area contributed by atoms with Crippen LogP contribution in [0, 0.1) is 0 Å². The van der Waals surface area contributed by atoms with Gasteiger partial charge in [0.15, 0.2) is 0 Å². The van der Waals surface area contributed by atoms with E-state index >= 15 is 0 Å². The number of nitrogens with two attached hydrogens (primary N) is 1. The number of carbonyl (C=O) groups is 2. The zero-order valence-electron chi connectivity index (χ0n) is 15.9. The number of halogens is 1. The van der Waals surface area contributed by atoms with E-state index in [0.29, 0.717) is 22.0 Å². The predicted octanol–water partition coefficient (Wildman–Crippen LogP) is 4.01. The minimum Gasteiger partial charge on any atom is -0.478 e. The normalized spacial score (nSPS) is 17.5. The van der Waals surface area contributed by atoms with Gasteiger partial charge < -0.3 is 15.9 Å². The third-order valence-electron chi connectivity index (χ3n) is 5.39. The van der Waals surface area contributed by atoms with Crippen LogP contribution in [0.2, 0.25) is 5.02 Å². The molecule has 1 aromatic heterocycles. The lowest BCUT2D eigenvalue weighted by molar-refractivity contribution is -0.120. The van der Waals surface area contributed by atoms with Crippen LogP contribution in [0.5, 0.6) is 0 Å². The summed E-state index contributed by atoms with van der Waals surface area (Å²) in [5.74, 6) is -1.60. The van der Waals surface area contributed by atoms with Crippen LogP contribution in [-0.2, 0) is 11.2 Å². The topological polar surface area (TPSA) is 114 Å². The summed E-state index contributed by atoms with van der Waals surface area (Å²) < 4.78 is 0. The summed E-state index contributed by atoms with van der Waals surface area (Å²) in [6.07, 6.45) is 1.25. The Morgan fingerprint density at radius 3 is 2.57 bits per heavy atom. The van der Waals surface area contributed by atoms with Gasteiger partial charge in [0.2, 0.25) is 0 Å². The van der Waals surface area contributed by atoms with Gasteiger partial charge in [-0.05, 0) is 48.4 Å². The molecule has 4 rings (SSSR count). The number of hydrogen-bond acceptors (Lipinski definition) is 5. The van der Waals surface area contributed by atoms with Crippen molar-refractivity contribution >= 4 is 29.0 Å². The standard InChI is InChI=1S/C23H19ClN2O4/c24-15-5-6-19(25)16(9-15)14-8-17-21(28)10-18(22(17)26-11-14)20(27)7-12-1-3-13(4-2-12)23(29)30/h1-6,8-9,11,18,21,28H,7,10,25H2,(H,29,30). The number of aromatic nitrogens is 1. The Morgan fingerprint density at radius 2 is 1.87 bits per heavy atom. The number of benzene rings is 2. The number of Topliss-reactive ketones (excluding diaryl/α,β-unsaturated/α-hetero) is 1. The molecule has 0 amide bonds. The second-order valence-corrected chi connectivity index (χ2v) is 7.82. The third-order valence-corrected chi connectivity index (χ3v) is 5.63. The highest BCUT2D eigenvalue weighted by atomic mass is 35.5. The molecule has 1 aliphatic rings. The number of hydrogen-bond donors (Lipinski definition) is 3. The second-order valence-electron chi connectivity index (χ2n) is 7.38. The molecular formula is C23H19ClN2O4. The number of nitrogen functional groups attached to an aromatic ring is 1. The van der Waals surface area contributed by atoms with Gasteiger partial charge >= 0.3 is 5.97 Å². The second kappa shape index (κ2) is 7.89. The van der Waals surface area contributed by atoms with Crippen molar-refractivity contribution in [1.29, 1.82) is 0 Å². The number of aromatic carboxylic acids is 1. The lowest BCUT2D eigenvalue weighted by atomic mass is 9.94. The molecule has 0 fully saturated rings. The predicted molar refractivity (Wildman–Crippen MR) is 114 cm³/mol. The molecule has 152 valence electrons. The maximum absolute atomic E-state index is 12.9. The Labute approximate surface area is 178 Å². The first-order valence-electron chi connectivity index (χ1n) is 9.41. The number of pyridine rings is 1. The Morgan fingerprint density at radius 1 is 1.13 bits per heavy atom. The van der Waals surface area contributed by atoms with Crippen molar-refractivity contribution in [2.45, 2.75) is 24.9 Å². The van der Waals surface area contributed by atoms with E-state index in [1.54, 1.807) is 36.5 Å². The van der Waals surface area contributed by atoms with Crippen LogP contribution >= 0.6 is 11.6 Å². The van der Waals surface area contributed by atoms with Crippen molar-refractivity contribution in [3.8, 4) is 11.1 Å². The Bertz CT molecular complexity index is 1140. The van der Waals surface area contributed by atoms with Crippen molar-refractivity contribution in [1.82, 2.24) is 4.98 Å². The summed E-state index contributed by atoms with van der Waals surface area (Å²) >= 11 is 6.08. The summed E-state index contributed by atoms with van der Waals surface area (Å²) in [6.45, 7) is 0. The first-order chi connectivity index (χ1) is 14.3. The van der Waals surface area contributed by atoms with Gasteiger partial charge in [-0.2, -0.15) is 0 Å². The summed E-state index contributed by atoms with van der Waals surface area (Å²) in [6, 6.07) is 13.2. The monoisotopic (exact) mass is 422 g/mol. The number of carboxylic acids is 1.